The fraction of sp³-hybridized carbons (Fsp3) is 0.909. The molecule has 1 atom stereocenters. The maximum atomic E-state index is 11.7. The molecule has 1 rings (SSSR count). The van der Waals surface area contributed by atoms with E-state index in [0.29, 0.717) is 12.3 Å². The van der Waals surface area contributed by atoms with Crippen LogP contribution in [0.5, 0.6) is 0 Å². The third-order valence-corrected chi connectivity index (χ3v) is 3.06. The summed E-state index contributed by atoms with van der Waals surface area (Å²) in [5.41, 5.74) is 8.77. The van der Waals surface area contributed by atoms with E-state index in [1.54, 1.807) is 0 Å². The Morgan fingerprint density at radius 1 is 1.31 bits per heavy atom. The molecule has 0 radical (unpaired) electrons. The molecule has 1 unspecified atom stereocenters. The summed E-state index contributed by atoms with van der Waals surface area (Å²) in [6.07, 6.45) is 0.407. The summed E-state index contributed by atoms with van der Waals surface area (Å²) in [7, 11) is 2.09. The summed E-state index contributed by atoms with van der Waals surface area (Å²) in [5.74, 6) is 0.379. The second-order valence-corrected chi connectivity index (χ2v) is 4.94. The number of amides is 1. The van der Waals surface area contributed by atoms with Crippen molar-refractivity contribution in [2.24, 2.45) is 11.7 Å². The number of hydrogen-bond acceptors (Lipinski definition) is 4. The molecule has 0 saturated carbocycles. The number of nitrogens with one attached hydrogen (secondary N) is 1. The molecule has 1 aliphatic rings. The summed E-state index contributed by atoms with van der Waals surface area (Å²) in [6.45, 7) is 7.84. The van der Waals surface area contributed by atoms with Crippen LogP contribution in [0, 0.1) is 5.92 Å². The van der Waals surface area contributed by atoms with Gasteiger partial charge in [0.05, 0.1) is 0 Å². The van der Waals surface area contributed by atoms with Gasteiger partial charge >= 0.3 is 0 Å². The Morgan fingerprint density at radius 3 is 2.38 bits per heavy atom. The average molecular weight is 228 g/mol. The minimum absolute atomic E-state index is 0.0331. The molecule has 16 heavy (non-hydrogen) atoms. The van der Waals surface area contributed by atoms with E-state index in [2.05, 4.69) is 17.4 Å². The van der Waals surface area contributed by atoms with Crippen molar-refractivity contribution in [3.8, 4) is 0 Å². The highest BCUT2D eigenvalue weighted by atomic mass is 16.2. The highest BCUT2D eigenvalue weighted by Gasteiger charge is 2.18. The molecule has 0 spiro atoms. The average Bonchev–Trinajstić information content (AvgIpc) is 2.21. The Hall–Kier alpha value is -0.650. The number of carbonyl (C=O) groups excluding carboxylic acids is 1. The van der Waals surface area contributed by atoms with Crippen LogP contribution in [-0.4, -0.2) is 55.1 Å². The molecular weight excluding hydrogens is 204 g/mol. The van der Waals surface area contributed by atoms with Crippen LogP contribution >= 0.6 is 0 Å². The van der Waals surface area contributed by atoms with Crippen molar-refractivity contribution in [1.82, 2.24) is 15.3 Å². The van der Waals surface area contributed by atoms with Gasteiger partial charge < -0.3 is 10.6 Å². The number of piperazine rings is 1. The first-order valence-corrected chi connectivity index (χ1v) is 5.97. The molecule has 0 aromatic carbocycles. The number of likely N-dealkylation sites (N-methyl/N-ethyl adjacent to an activating group) is 1. The highest BCUT2D eigenvalue weighted by Crippen LogP contribution is 2.03. The zero-order valence-electron chi connectivity index (χ0n) is 10.6. The van der Waals surface area contributed by atoms with Gasteiger partial charge in [-0.25, -0.2) is 5.01 Å². The van der Waals surface area contributed by atoms with E-state index in [1.807, 2.05) is 18.9 Å². The number of carbonyl (C=O) groups is 1. The van der Waals surface area contributed by atoms with Crippen LogP contribution < -0.4 is 11.2 Å². The summed E-state index contributed by atoms with van der Waals surface area (Å²) >= 11 is 0. The van der Waals surface area contributed by atoms with Gasteiger partial charge in [-0.3, -0.25) is 10.2 Å². The van der Waals surface area contributed by atoms with E-state index in [0.717, 1.165) is 26.2 Å². The first kappa shape index (κ1) is 13.4. The summed E-state index contributed by atoms with van der Waals surface area (Å²) in [4.78, 5) is 13.9. The molecule has 0 bridgehead atoms. The van der Waals surface area contributed by atoms with Crippen LogP contribution in [0.1, 0.15) is 20.3 Å². The number of rotatable bonds is 4. The normalized spacial score (nSPS) is 21.1. The molecule has 1 saturated heterocycles. The SMILES string of the molecule is CC(C)C(N)CC(=O)NN1CCN(C)CC1. The lowest BCUT2D eigenvalue weighted by Gasteiger charge is -2.32. The fourth-order valence-electron chi connectivity index (χ4n) is 1.59. The van der Waals surface area contributed by atoms with Crippen molar-refractivity contribution < 1.29 is 4.79 Å². The van der Waals surface area contributed by atoms with Gasteiger partial charge in [-0.1, -0.05) is 13.8 Å². The molecular formula is C11H24N4O. The van der Waals surface area contributed by atoms with Gasteiger partial charge in [0.15, 0.2) is 0 Å². The first-order valence-electron chi connectivity index (χ1n) is 5.97. The Morgan fingerprint density at radius 2 is 1.88 bits per heavy atom. The van der Waals surface area contributed by atoms with Gasteiger partial charge in [0.1, 0.15) is 0 Å². The van der Waals surface area contributed by atoms with E-state index in [9.17, 15) is 4.79 Å². The monoisotopic (exact) mass is 228 g/mol. The van der Waals surface area contributed by atoms with Crippen molar-refractivity contribution in [3.63, 3.8) is 0 Å². The molecule has 5 heteroatoms. The molecule has 3 N–H and O–H groups in total. The largest absolute Gasteiger partial charge is 0.327 e. The van der Waals surface area contributed by atoms with Crippen LogP contribution in [0.3, 0.4) is 0 Å². The Bertz CT molecular complexity index is 224. The quantitative estimate of drug-likeness (QED) is 0.690. The second-order valence-electron chi connectivity index (χ2n) is 4.94. The van der Waals surface area contributed by atoms with E-state index in [4.69, 9.17) is 5.73 Å². The van der Waals surface area contributed by atoms with Gasteiger partial charge in [-0.15, -0.1) is 0 Å². The van der Waals surface area contributed by atoms with Gasteiger partial charge in [-0.2, -0.15) is 0 Å². The predicted octanol–water partition coefficient (Wildman–Crippen LogP) is -0.362. The molecule has 1 heterocycles. The molecule has 0 aromatic heterocycles. The van der Waals surface area contributed by atoms with Crippen LogP contribution in [0.2, 0.25) is 0 Å². The Balaban J connectivity index is 2.24. The maximum Gasteiger partial charge on any atom is 0.235 e. The van der Waals surface area contributed by atoms with Crippen LogP contribution in [0.25, 0.3) is 0 Å². The fourth-order valence-corrected chi connectivity index (χ4v) is 1.59. The number of nitrogens with zero attached hydrogens (tertiary/aromatic N) is 2. The third kappa shape index (κ3) is 4.47. The number of hydrogen-bond donors (Lipinski definition) is 2. The Kier molecular flexibility index (Phi) is 5.18. The maximum absolute atomic E-state index is 11.7. The van der Waals surface area contributed by atoms with Gasteiger partial charge in [0.2, 0.25) is 5.91 Å². The van der Waals surface area contributed by atoms with Crippen molar-refractivity contribution in [2.75, 3.05) is 33.2 Å². The van der Waals surface area contributed by atoms with Crippen molar-refractivity contribution in [1.29, 1.82) is 0 Å². The molecule has 1 aliphatic heterocycles. The predicted molar refractivity (Wildman–Crippen MR) is 64.6 cm³/mol. The summed E-state index contributed by atoms with van der Waals surface area (Å²) in [6, 6.07) is -0.0486. The van der Waals surface area contributed by atoms with E-state index in [1.165, 1.54) is 0 Å². The Labute approximate surface area is 97.9 Å². The lowest BCUT2D eigenvalue weighted by molar-refractivity contribution is -0.127. The minimum Gasteiger partial charge on any atom is -0.327 e. The molecule has 5 nitrogen and oxygen atoms in total. The van der Waals surface area contributed by atoms with E-state index < -0.39 is 0 Å². The molecule has 1 fully saturated rings. The van der Waals surface area contributed by atoms with Gasteiger partial charge in [0.25, 0.3) is 0 Å². The second kappa shape index (κ2) is 6.18. The van der Waals surface area contributed by atoms with Crippen molar-refractivity contribution in [2.45, 2.75) is 26.3 Å². The highest BCUT2D eigenvalue weighted by molar-refractivity contribution is 5.76. The first-order chi connectivity index (χ1) is 7.49. The lowest BCUT2D eigenvalue weighted by atomic mass is 10.0. The van der Waals surface area contributed by atoms with Crippen molar-refractivity contribution in [3.05, 3.63) is 0 Å². The summed E-state index contributed by atoms with van der Waals surface area (Å²) < 4.78 is 0. The molecule has 0 aromatic rings. The molecule has 94 valence electrons. The van der Waals surface area contributed by atoms with Crippen LogP contribution in [0.15, 0.2) is 0 Å². The van der Waals surface area contributed by atoms with E-state index in [-0.39, 0.29) is 11.9 Å². The van der Waals surface area contributed by atoms with Gasteiger partial charge in [-0.05, 0) is 13.0 Å². The van der Waals surface area contributed by atoms with Crippen LogP contribution in [0.4, 0.5) is 0 Å². The van der Waals surface area contributed by atoms with Crippen LogP contribution in [-0.2, 0) is 4.79 Å². The summed E-state index contributed by atoms with van der Waals surface area (Å²) in [5, 5.41) is 1.98. The standard InChI is InChI=1S/C11H24N4O/c1-9(2)10(12)8-11(16)13-15-6-4-14(3)5-7-15/h9-10H,4-8,12H2,1-3H3,(H,13,16). The number of nitrogens with two attached hydrogens (primary N) is 1. The topological polar surface area (TPSA) is 61.6 Å². The lowest BCUT2D eigenvalue weighted by Crippen LogP contribution is -2.53. The molecule has 0 aliphatic carbocycles. The smallest absolute Gasteiger partial charge is 0.235 e. The van der Waals surface area contributed by atoms with Crippen molar-refractivity contribution >= 4 is 5.91 Å². The molecule has 1 amide bonds. The zero-order valence-corrected chi connectivity index (χ0v) is 10.6. The number of hydrazine groups is 1. The van der Waals surface area contributed by atoms with E-state index >= 15 is 0 Å². The third-order valence-electron chi connectivity index (χ3n) is 3.06. The minimum atomic E-state index is -0.0486. The van der Waals surface area contributed by atoms with Gasteiger partial charge in [0, 0.05) is 38.6 Å². The zero-order chi connectivity index (χ0) is 12.1.